The molecule has 0 saturated heterocycles. The molecule has 0 amide bonds. The summed E-state index contributed by atoms with van der Waals surface area (Å²) in [5.41, 5.74) is 1.40. The highest BCUT2D eigenvalue weighted by Crippen LogP contribution is 2.33. The van der Waals surface area contributed by atoms with Gasteiger partial charge in [-0.1, -0.05) is 40.4 Å². The zero-order valence-corrected chi connectivity index (χ0v) is 9.11. The summed E-state index contributed by atoms with van der Waals surface area (Å²) < 4.78 is 0. The lowest BCUT2D eigenvalue weighted by molar-refractivity contribution is 1.35. The van der Waals surface area contributed by atoms with Gasteiger partial charge in [0.25, 0.3) is 0 Å². The second-order valence-corrected chi connectivity index (χ2v) is 4.06. The summed E-state index contributed by atoms with van der Waals surface area (Å²) in [6.07, 6.45) is 2.92. The predicted molar refractivity (Wildman–Crippen MR) is 70.9 cm³/mol. The molecule has 0 aliphatic rings. The lowest BCUT2D eigenvalue weighted by Gasteiger charge is -2.02. The highest BCUT2D eigenvalue weighted by molar-refractivity contribution is 6.14. The third kappa shape index (κ3) is 1.20. The van der Waals surface area contributed by atoms with Crippen LogP contribution in [0, 0.1) is 0 Å². The van der Waals surface area contributed by atoms with Crippen molar-refractivity contribution < 1.29 is 0 Å². The van der Waals surface area contributed by atoms with Crippen molar-refractivity contribution in [1.82, 2.24) is 0 Å². The summed E-state index contributed by atoms with van der Waals surface area (Å²) in [6, 6.07) is 17.2. The highest BCUT2D eigenvalue weighted by Gasteiger charge is 2.02. The SMILES string of the molecule is C=CCc1c2ccccc2[c-]2ccccc12. The van der Waals surface area contributed by atoms with Gasteiger partial charge in [-0.05, 0) is 6.42 Å². The molecule has 0 atom stereocenters. The molecule has 0 saturated carbocycles. The first-order valence-electron chi connectivity index (χ1n) is 5.57. The van der Waals surface area contributed by atoms with E-state index in [-0.39, 0.29) is 0 Å². The van der Waals surface area contributed by atoms with Crippen LogP contribution in [-0.4, -0.2) is 0 Å². The minimum absolute atomic E-state index is 0.939. The Morgan fingerprint density at radius 3 is 2.62 bits per heavy atom. The molecule has 78 valence electrons. The van der Waals surface area contributed by atoms with Crippen molar-refractivity contribution in [2.24, 2.45) is 0 Å². The van der Waals surface area contributed by atoms with Crippen LogP contribution in [0.5, 0.6) is 0 Å². The van der Waals surface area contributed by atoms with Gasteiger partial charge in [-0.2, -0.15) is 0 Å². The van der Waals surface area contributed by atoms with Crippen LogP contribution in [0.3, 0.4) is 0 Å². The highest BCUT2D eigenvalue weighted by atomic mass is 14.1. The number of benzene rings is 2. The quantitative estimate of drug-likeness (QED) is 0.428. The standard InChI is InChI=1S/C16H13/c1-2-7-12-13-8-3-5-10-15(13)16-11-6-4-9-14(12)16/h2-6,8-11H,1,7H2/q-1. The van der Waals surface area contributed by atoms with Crippen molar-refractivity contribution in [2.45, 2.75) is 6.42 Å². The molecule has 3 aromatic carbocycles. The van der Waals surface area contributed by atoms with Crippen LogP contribution < -0.4 is 0 Å². The van der Waals surface area contributed by atoms with Crippen LogP contribution in [0.2, 0.25) is 0 Å². The number of rotatable bonds is 2. The van der Waals surface area contributed by atoms with Crippen LogP contribution >= 0.6 is 0 Å². The van der Waals surface area contributed by atoms with Crippen LogP contribution in [0.25, 0.3) is 21.5 Å². The number of hydrogen-bond donors (Lipinski definition) is 0. The third-order valence-corrected chi connectivity index (χ3v) is 3.14. The minimum Gasteiger partial charge on any atom is -0.117 e. The lowest BCUT2D eigenvalue weighted by atomic mass is 10.1. The molecule has 3 rings (SSSR count). The average Bonchev–Trinajstić information content (AvgIpc) is 2.66. The van der Waals surface area contributed by atoms with Crippen molar-refractivity contribution >= 4 is 21.5 Å². The van der Waals surface area contributed by atoms with E-state index in [0.29, 0.717) is 0 Å². The van der Waals surface area contributed by atoms with E-state index < -0.39 is 0 Å². The van der Waals surface area contributed by atoms with Crippen molar-refractivity contribution in [3.05, 3.63) is 66.7 Å². The summed E-state index contributed by atoms with van der Waals surface area (Å²) in [7, 11) is 0. The molecule has 0 aliphatic carbocycles. The fraction of sp³-hybridized carbons (Fsp3) is 0.0625. The molecule has 0 fully saturated rings. The molecule has 0 bridgehead atoms. The molecule has 0 spiro atoms. The maximum atomic E-state index is 3.85. The molecule has 0 aromatic heterocycles. The number of hydrogen-bond acceptors (Lipinski definition) is 0. The summed E-state index contributed by atoms with van der Waals surface area (Å²) in [4.78, 5) is 0. The fourth-order valence-electron chi connectivity index (χ4n) is 2.47. The molecular formula is C16H13-. The van der Waals surface area contributed by atoms with E-state index in [1.54, 1.807) is 0 Å². The van der Waals surface area contributed by atoms with Gasteiger partial charge >= 0.3 is 0 Å². The molecule has 0 aliphatic heterocycles. The largest absolute Gasteiger partial charge is 0.117 e. The van der Waals surface area contributed by atoms with Crippen LogP contribution in [0.4, 0.5) is 0 Å². The molecule has 0 unspecified atom stereocenters. The zero-order valence-electron chi connectivity index (χ0n) is 9.11. The second-order valence-electron chi connectivity index (χ2n) is 4.06. The normalized spacial score (nSPS) is 11.0. The molecule has 3 aromatic rings. The Morgan fingerprint density at radius 1 is 1.00 bits per heavy atom. The molecular weight excluding hydrogens is 192 g/mol. The van der Waals surface area contributed by atoms with Crippen molar-refractivity contribution in [3.8, 4) is 0 Å². The molecule has 0 radical (unpaired) electrons. The summed E-state index contributed by atoms with van der Waals surface area (Å²) in [5.74, 6) is 0. The average molecular weight is 205 g/mol. The number of allylic oxidation sites excluding steroid dienone is 1. The molecule has 0 nitrogen and oxygen atoms in total. The van der Waals surface area contributed by atoms with Crippen LogP contribution in [0.1, 0.15) is 5.56 Å². The Bertz CT molecular complexity index is 603. The second kappa shape index (κ2) is 3.57. The topological polar surface area (TPSA) is 0 Å². The Labute approximate surface area is 95.2 Å². The van der Waals surface area contributed by atoms with Gasteiger partial charge < -0.3 is 0 Å². The Morgan fingerprint density at radius 2 is 1.75 bits per heavy atom. The Kier molecular flexibility index (Phi) is 2.07. The first-order valence-corrected chi connectivity index (χ1v) is 5.57. The van der Waals surface area contributed by atoms with E-state index in [1.165, 1.54) is 27.1 Å². The van der Waals surface area contributed by atoms with Crippen molar-refractivity contribution in [1.29, 1.82) is 0 Å². The van der Waals surface area contributed by atoms with Crippen molar-refractivity contribution in [2.75, 3.05) is 0 Å². The smallest absolute Gasteiger partial charge is 0.0377 e. The van der Waals surface area contributed by atoms with Gasteiger partial charge in [0.15, 0.2) is 0 Å². The first-order chi connectivity index (χ1) is 7.92. The predicted octanol–water partition coefficient (Wildman–Crippen LogP) is 4.44. The summed E-state index contributed by atoms with van der Waals surface area (Å²) >= 11 is 0. The maximum Gasteiger partial charge on any atom is -0.0377 e. The molecule has 0 heterocycles. The van der Waals surface area contributed by atoms with Crippen LogP contribution in [0.15, 0.2) is 61.2 Å². The summed E-state index contributed by atoms with van der Waals surface area (Å²) in [6.45, 7) is 3.85. The third-order valence-electron chi connectivity index (χ3n) is 3.14. The monoisotopic (exact) mass is 205 g/mol. The van der Waals surface area contributed by atoms with Crippen LogP contribution in [-0.2, 0) is 6.42 Å². The van der Waals surface area contributed by atoms with Crippen molar-refractivity contribution in [3.63, 3.8) is 0 Å². The zero-order chi connectivity index (χ0) is 11.0. The van der Waals surface area contributed by atoms with Gasteiger partial charge in [0, 0.05) is 0 Å². The van der Waals surface area contributed by atoms with Gasteiger partial charge in [-0.15, -0.1) is 47.9 Å². The van der Waals surface area contributed by atoms with E-state index in [9.17, 15) is 0 Å². The molecule has 0 heteroatoms. The Hall–Kier alpha value is -1.95. The fourth-order valence-corrected chi connectivity index (χ4v) is 2.47. The van der Waals surface area contributed by atoms with E-state index in [2.05, 4.69) is 55.1 Å². The van der Waals surface area contributed by atoms with Gasteiger partial charge in [0.05, 0.1) is 0 Å². The van der Waals surface area contributed by atoms with E-state index in [0.717, 1.165) is 6.42 Å². The van der Waals surface area contributed by atoms with E-state index >= 15 is 0 Å². The van der Waals surface area contributed by atoms with E-state index in [1.807, 2.05) is 6.08 Å². The van der Waals surface area contributed by atoms with Gasteiger partial charge in [0.2, 0.25) is 0 Å². The molecule has 0 N–H and O–H groups in total. The van der Waals surface area contributed by atoms with E-state index in [4.69, 9.17) is 0 Å². The molecule has 16 heavy (non-hydrogen) atoms. The Balaban J connectivity index is 2.53. The van der Waals surface area contributed by atoms with Gasteiger partial charge in [-0.3, -0.25) is 0 Å². The number of fused-ring (bicyclic) bond motifs is 3. The lowest BCUT2D eigenvalue weighted by Crippen LogP contribution is -1.77. The van der Waals surface area contributed by atoms with Gasteiger partial charge in [-0.25, -0.2) is 0 Å². The minimum atomic E-state index is 0.939. The van der Waals surface area contributed by atoms with Gasteiger partial charge in [0.1, 0.15) is 0 Å². The maximum absolute atomic E-state index is 3.85. The summed E-state index contributed by atoms with van der Waals surface area (Å²) in [5, 5.41) is 5.44. The first kappa shape index (κ1) is 9.29.